The van der Waals surface area contributed by atoms with Gasteiger partial charge in [-0.25, -0.2) is 4.98 Å². The number of nitriles is 1. The summed E-state index contributed by atoms with van der Waals surface area (Å²) in [4.78, 5) is 32.2. The van der Waals surface area contributed by atoms with Gasteiger partial charge in [-0.3, -0.25) is 19.8 Å². The van der Waals surface area contributed by atoms with E-state index in [0.29, 0.717) is 31.7 Å². The minimum atomic E-state index is -0.719. The summed E-state index contributed by atoms with van der Waals surface area (Å²) in [7, 11) is 1.46. The van der Waals surface area contributed by atoms with Crippen LogP contribution in [0.25, 0.3) is 11.0 Å². The second-order valence-corrected chi connectivity index (χ2v) is 7.63. The molecule has 0 amide bonds. The number of aliphatic hydroxyl groups is 1. The van der Waals surface area contributed by atoms with Crippen LogP contribution < -0.4 is 10.5 Å². The van der Waals surface area contributed by atoms with Gasteiger partial charge in [-0.2, -0.15) is 5.26 Å². The number of aromatic nitrogens is 2. The topological polar surface area (TPSA) is 129 Å². The lowest BCUT2D eigenvalue weighted by Crippen LogP contribution is -2.49. The molecule has 3 aromatic rings. The molecule has 32 heavy (non-hydrogen) atoms. The molecule has 0 aliphatic carbocycles. The van der Waals surface area contributed by atoms with E-state index in [4.69, 9.17) is 0 Å². The minimum Gasteiger partial charge on any atom is -0.394 e. The average Bonchev–Trinajstić information content (AvgIpc) is 2.82. The third kappa shape index (κ3) is 3.68. The summed E-state index contributed by atoms with van der Waals surface area (Å²) in [6.45, 7) is 1.83. The molecule has 1 atom stereocenters. The van der Waals surface area contributed by atoms with Crippen molar-refractivity contribution in [3.05, 3.63) is 74.2 Å². The van der Waals surface area contributed by atoms with Crippen molar-refractivity contribution in [2.75, 3.05) is 37.7 Å². The normalized spacial score (nSPS) is 15.5. The molecule has 0 spiro atoms. The first-order valence-electron chi connectivity index (χ1n) is 10.2. The fourth-order valence-electron chi connectivity index (χ4n) is 4.27. The Morgan fingerprint density at radius 3 is 2.47 bits per heavy atom. The van der Waals surface area contributed by atoms with E-state index >= 15 is 0 Å². The Kier molecular flexibility index (Phi) is 5.85. The van der Waals surface area contributed by atoms with Gasteiger partial charge in [0, 0.05) is 33.2 Å². The lowest BCUT2D eigenvalue weighted by molar-refractivity contribution is -0.385. The van der Waals surface area contributed by atoms with E-state index in [1.807, 2.05) is 36.4 Å². The maximum atomic E-state index is 12.8. The molecule has 1 aromatic carbocycles. The third-order valence-corrected chi connectivity index (χ3v) is 5.92. The molecule has 1 fully saturated rings. The molecule has 164 valence electrons. The van der Waals surface area contributed by atoms with Crippen molar-refractivity contribution in [1.82, 2.24) is 14.5 Å². The van der Waals surface area contributed by atoms with Crippen LogP contribution in [0.4, 0.5) is 11.4 Å². The van der Waals surface area contributed by atoms with E-state index in [2.05, 4.69) is 9.88 Å². The van der Waals surface area contributed by atoms with Gasteiger partial charge in [0.25, 0.3) is 0 Å². The zero-order chi connectivity index (χ0) is 22.8. The monoisotopic (exact) mass is 434 g/mol. The standard InChI is InChI=1S/C22H22N6O4/c1-25-17-8-7-16(13-23)24-19(17)20(21(22(25)30)28(31)32)27-11-9-26(10-12-27)18(14-29)15-5-3-2-4-6-15/h2-8,18,29H,9-12,14H2,1H3. The number of nitro groups is 1. The molecule has 1 aliphatic rings. The zero-order valence-corrected chi connectivity index (χ0v) is 17.5. The number of benzene rings is 1. The molecular weight excluding hydrogens is 412 g/mol. The van der Waals surface area contributed by atoms with Crippen molar-refractivity contribution in [2.45, 2.75) is 6.04 Å². The molecule has 3 heterocycles. The van der Waals surface area contributed by atoms with Crippen LogP contribution in [0.3, 0.4) is 0 Å². The summed E-state index contributed by atoms with van der Waals surface area (Å²) in [5.41, 5.74) is 0.679. The summed E-state index contributed by atoms with van der Waals surface area (Å²) < 4.78 is 1.19. The number of aryl methyl sites for hydroxylation is 1. The predicted octanol–water partition coefficient (Wildman–Crippen LogP) is 1.57. The summed E-state index contributed by atoms with van der Waals surface area (Å²) in [5, 5.41) is 31.1. The number of anilines is 1. The van der Waals surface area contributed by atoms with E-state index in [9.17, 15) is 25.3 Å². The molecule has 0 radical (unpaired) electrons. The van der Waals surface area contributed by atoms with Gasteiger partial charge in [0.05, 0.1) is 23.1 Å². The van der Waals surface area contributed by atoms with Crippen LogP contribution in [0, 0.1) is 21.4 Å². The molecule has 10 nitrogen and oxygen atoms in total. The summed E-state index contributed by atoms with van der Waals surface area (Å²) in [6, 6.07) is 14.5. The average molecular weight is 434 g/mol. The fourth-order valence-corrected chi connectivity index (χ4v) is 4.27. The summed E-state index contributed by atoms with van der Waals surface area (Å²) in [6.07, 6.45) is 0. The van der Waals surface area contributed by atoms with E-state index in [-0.39, 0.29) is 29.5 Å². The Hall–Kier alpha value is -3.81. The van der Waals surface area contributed by atoms with Gasteiger partial charge < -0.3 is 14.6 Å². The predicted molar refractivity (Wildman–Crippen MR) is 118 cm³/mol. The van der Waals surface area contributed by atoms with E-state index in [0.717, 1.165) is 5.56 Å². The molecule has 1 aliphatic heterocycles. The van der Waals surface area contributed by atoms with Crippen molar-refractivity contribution in [2.24, 2.45) is 7.05 Å². The van der Waals surface area contributed by atoms with Crippen molar-refractivity contribution in [1.29, 1.82) is 5.26 Å². The summed E-state index contributed by atoms with van der Waals surface area (Å²) in [5.74, 6) is 0. The van der Waals surface area contributed by atoms with Crippen LogP contribution in [0.5, 0.6) is 0 Å². The van der Waals surface area contributed by atoms with Gasteiger partial charge in [0.15, 0.2) is 5.69 Å². The van der Waals surface area contributed by atoms with Crippen LogP contribution in [-0.2, 0) is 7.05 Å². The van der Waals surface area contributed by atoms with Crippen LogP contribution in [-0.4, -0.2) is 57.3 Å². The van der Waals surface area contributed by atoms with Crippen LogP contribution in [0.15, 0.2) is 47.3 Å². The highest BCUT2D eigenvalue weighted by Gasteiger charge is 2.33. The molecule has 0 bridgehead atoms. The Morgan fingerprint density at radius 1 is 1.19 bits per heavy atom. The SMILES string of the molecule is Cn1c(=O)c([N+](=O)[O-])c(N2CCN(C(CO)c3ccccc3)CC2)c2nc(C#N)ccc21. The van der Waals surface area contributed by atoms with Gasteiger partial charge >= 0.3 is 11.2 Å². The van der Waals surface area contributed by atoms with Gasteiger partial charge in [0.2, 0.25) is 0 Å². The highest BCUT2D eigenvalue weighted by Crippen LogP contribution is 2.34. The number of nitrogens with zero attached hydrogens (tertiary/aromatic N) is 6. The number of fused-ring (bicyclic) bond motifs is 1. The van der Waals surface area contributed by atoms with Gasteiger partial charge in [0.1, 0.15) is 17.3 Å². The highest BCUT2D eigenvalue weighted by molar-refractivity contribution is 5.94. The number of aliphatic hydroxyl groups excluding tert-OH is 1. The van der Waals surface area contributed by atoms with Crippen LogP contribution in [0.2, 0.25) is 0 Å². The Balaban J connectivity index is 1.74. The molecule has 1 N–H and O–H groups in total. The number of rotatable bonds is 5. The maximum absolute atomic E-state index is 12.8. The lowest BCUT2D eigenvalue weighted by atomic mass is 10.0. The smallest absolute Gasteiger partial charge is 0.359 e. The Bertz CT molecular complexity index is 1260. The minimum absolute atomic E-state index is 0.0495. The maximum Gasteiger partial charge on any atom is 0.359 e. The summed E-state index contributed by atoms with van der Waals surface area (Å²) >= 11 is 0. The largest absolute Gasteiger partial charge is 0.394 e. The van der Waals surface area contributed by atoms with E-state index in [1.54, 1.807) is 11.0 Å². The first kappa shape index (κ1) is 21.4. The molecule has 4 rings (SSSR count). The number of pyridine rings is 2. The molecular formula is C22H22N6O4. The molecule has 1 unspecified atom stereocenters. The Labute approximate surface area is 183 Å². The zero-order valence-electron chi connectivity index (χ0n) is 17.5. The van der Waals surface area contributed by atoms with Gasteiger partial charge in [-0.05, 0) is 17.7 Å². The second kappa shape index (κ2) is 8.74. The van der Waals surface area contributed by atoms with Crippen LogP contribution >= 0.6 is 0 Å². The highest BCUT2D eigenvalue weighted by atomic mass is 16.6. The van der Waals surface area contributed by atoms with E-state index in [1.165, 1.54) is 17.7 Å². The van der Waals surface area contributed by atoms with Crippen molar-refractivity contribution < 1.29 is 10.0 Å². The first-order valence-corrected chi connectivity index (χ1v) is 10.2. The number of hydrogen-bond acceptors (Lipinski definition) is 8. The first-order chi connectivity index (χ1) is 15.5. The van der Waals surface area contributed by atoms with Gasteiger partial charge in [-0.15, -0.1) is 0 Å². The van der Waals surface area contributed by atoms with E-state index < -0.39 is 16.2 Å². The quantitative estimate of drug-likeness (QED) is 0.473. The lowest BCUT2D eigenvalue weighted by Gasteiger charge is -2.39. The molecule has 0 saturated carbocycles. The number of hydrogen-bond donors (Lipinski definition) is 1. The third-order valence-electron chi connectivity index (χ3n) is 5.92. The number of piperazine rings is 1. The van der Waals surface area contributed by atoms with Crippen molar-refractivity contribution in [3.63, 3.8) is 0 Å². The van der Waals surface area contributed by atoms with Gasteiger partial charge in [-0.1, -0.05) is 30.3 Å². The molecule has 2 aromatic heterocycles. The molecule has 10 heteroatoms. The second-order valence-electron chi connectivity index (χ2n) is 7.63. The fraction of sp³-hybridized carbons (Fsp3) is 0.318. The van der Waals surface area contributed by atoms with Crippen molar-refractivity contribution >= 4 is 22.4 Å². The van der Waals surface area contributed by atoms with Crippen LogP contribution in [0.1, 0.15) is 17.3 Å². The Morgan fingerprint density at radius 2 is 1.88 bits per heavy atom. The molecule has 1 saturated heterocycles. The van der Waals surface area contributed by atoms with Crippen molar-refractivity contribution in [3.8, 4) is 6.07 Å².